The number of hydrogen-bond acceptors (Lipinski definition) is 6. The van der Waals surface area contributed by atoms with Crippen molar-refractivity contribution in [2.75, 3.05) is 7.11 Å². The van der Waals surface area contributed by atoms with E-state index in [-0.39, 0.29) is 23.4 Å². The average molecular weight is 459 g/mol. The largest absolute Gasteiger partial charge is 0.497 e. The van der Waals surface area contributed by atoms with Crippen molar-refractivity contribution in [1.82, 2.24) is 8.75 Å². The fraction of sp³-hybridized carbons (Fsp3) is 0.154. The van der Waals surface area contributed by atoms with Gasteiger partial charge >= 0.3 is 5.97 Å². The van der Waals surface area contributed by atoms with E-state index in [0.717, 1.165) is 28.4 Å². The third-order valence-electron chi connectivity index (χ3n) is 5.62. The monoisotopic (exact) mass is 458 g/mol. The molecule has 4 rings (SSSR count). The molecular weight excluding hydrogens is 436 g/mol. The molecule has 0 amide bonds. The van der Waals surface area contributed by atoms with Crippen molar-refractivity contribution in [1.29, 1.82) is 0 Å². The Morgan fingerprint density at radius 2 is 1.67 bits per heavy atom. The van der Waals surface area contributed by atoms with E-state index in [0.29, 0.717) is 27.9 Å². The number of nitrogens with zero attached hydrogens (tertiary/aromatic N) is 2. The summed E-state index contributed by atoms with van der Waals surface area (Å²) in [5, 5.41) is 10.2. The van der Waals surface area contributed by atoms with Crippen LogP contribution in [-0.4, -0.2) is 32.7 Å². The third-order valence-corrected chi connectivity index (χ3v) is 6.17. The van der Waals surface area contributed by atoms with Gasteiger partial charge < -0.3 is 9.84 Å². The molecule has 0 atom stereocenters. The molecule has 0 fully saturated rings. The summed E-state index contributed by atoms with van der Waals surface area (Å²) in [5.74, 6) is -0.861. The molecule has 3 aromatic carbocycles. The van der Waals surface area contributed by atoms with Gasteiger partial charge in [0.05, 0.1) is 24.4 Å². The number of ketones is 1. The molecule has 0 bridgehead atoms. The van der Waals surface area contributed by atoms with E-state index in [4.69, 9.17) is 4.74 Å². The van der Waals surface area contributed by atoms with Gasteiger partial charge in [0, 0.05) is 17.6 Å². The van der Waals surface area contributed by atoms with E-state index in [9.17, 15) is 14.7 Å². The van der Waals surface area contributed by atoms with Crippen LogP contribution in [0.25, 0.3) is 16.6 Å². The molecule has 1 heterocycles. The van der Waals surface area contributed by atoms with Crippen molar-refractivity contribution >= 4 is 40.1 Å². The number of fused-ring (bicyclic) bond motifs is 1. The SMILES string of the molecule is COc1cccc(CC(C(=O)c2ccc(C)c(C)c2)=C(C(=O)O)c2ccc3nsnc3c2)c1. The number of aromatic nitrogens is 2. The molecule has 0 spiro atoms. The summed E-state index contributed by atoms with van der Waals surface area (Å²) in [4.78, 5) is 26.2. The molecule has 1 aromatic heterocycles. The Labute approximate surface area is 195 Å². The number of carbonyl (C=O) groups excluding carboxylic acids is 1. The minimum Gasteiger partial charge on any atom is -0.497 e. The molecule has 166 valence electrons. The number of hydrogen-bond donors (Lipinski definition) is 1. The number of methoxy groups -OCH3 is 1. The standard InChI is InChI=1S/C26H22N2O4S/c1-15-7-8-19(11-16(15)2)25(29)21(13-17-5-4-6-20(12-17)32-3)24(26(30)31)18-9-10-22-23(14-18)28-33-27-22/h4-12,14H,13H2,1-3H3,(H,30,31). The van der Waals surface area contributed by atoms with E-state index >= 15 is 0 Å². The zero-order valence-electron chi connectivity index (χ0n) is 18.5. The molecular formula is C26H22N2O4S. The Balaban J connectivity index is 1.92. The zero-order chi connectivity index (χ0) is 23.5. The molecule has 0 radical (unpaired) electrons. The average Bonchev–Trinajstić information content (AvgIpc) is 3.28. The molecule has 7 heteroatoms. The van der Waals surface area contributed by atoms with Gasteiger partial charge in [-0.3, -0.25) is 4.79 Å². The summed E-state index contributed by atoms with van der Waals surface area (Å²) in [6.07, 6.45) is 0.137. The van der Waals surface area contributed by atoms with Gasteiger partial charge in [0.1, 0.15) is 16.8 Å². The van der Waals surface area contributed by atoms with Crippen molar-refractivity contribution in [3.05, 3.63) is 94.1 Å². The first kappa shape index (κ1) is 22.4. The van der Waals surface area contributed by atoms with Crippen LogP contribution in [-0.2, 0) is 11.2 Å². The molecule has 0 unspecified atom stereocenters. The molecule has 4 aromatic rings. The summed E-state index contributed by atoms with van der Waals surface area (Å²) in [7, 11) is 1.57. The molecule has 1 N–H and O–H groups in total. The molecule has 6 nitrogen and oxygen atoms in total. The molecule has 0 aliphatic heterocycles. The first-order valence-corrected chi connectivity index (χ1v) is 11.0. The van der Waals surface area contributed by atoms with Crippen LogP contribution < -0.4 is 4.74 Å². The first-order valence-electron chi connectivity index (χ1n) is 10.3. The summed E-state index contributed by atoms with van der Waals surface area (Å²) >= 11 is 1.06. The predicted molar refractivity (Wildman–Crippen MR) is 129 cm³/mol. The van der Waals surface area contributed by atoms with Crippen molar-refractivity contribution in [2.45, 2.75) is 20.3 Å². The van der Waals surface area contributed by atoms with Gasteiger partial charge in [-0.2, -0.15) is 8.75 Å². The van der Waals surface area contributed by atoms with Gasteiger partial charge in [0.15, 0.2) is 5.78 Å². The van der Waals surface area contributed by atoms with E-state index in [1.165, 1.54) is 0 Å². The maximum Gasteiger partial charge on any atom is 0.336 e. The van der Waals surface area contributed by atoms with Gasteiger partial charge in [0.25, 0.3) is 0 Å². The van der Waals surface area contributed by atoms with Crippen LogP contribution in [0.4, 0.5) is 0 Å². The van der Waals surface area contributed by atoms with Crippen LogP contribution in [0.1, 0.15) is 32.6 Å². The van der Waals surface area contributed by atoms with Crippen LogP contribution in [0.15, 0.2) is 66.2 Å². The van der Waals surface area contributed by atoms with Crippen LogP contribution >= 0.6 is 11.7 Å². The van der Waals surface area contributed by atoms with Crippen LogP contribution in [0.5, 0.6) is 5.75 Å². The highest BCUT2D eigenvalue weighted by atomic mass is 32.1. The number of ether oxygens (including phenoxy) is 1. The second kappa shape index (κ2) is 9.34. The Kier molecular flexibility index (Phi) is 6.33. The number of rotatable bonds is 7. The van der Waals surface area contributed by atoms with Gasteiger partial charge in [0.2, 0.25) is 0 Å². The maximum atomic E-state index is 13.7. The van der Waals surface area contributed by atoms with E-state index in [1.807, 2.05) is 32.0 Å². The van der Waals surface area contributed by atoms with Crippen molar-refractivity contribution in [3.63, 3.8) is 0 Å². The van der Waals surface area contributed by atoms with Crippen molar-refractivity contribution < 1.29 is 19.4 Å². The summed E-state index contributed by atoms with van der Waals surface area (Å²) in [5.41, 5.74) is 5.09. The smallest absolute Gasteiger partial charge is 0.336 e. The topological polar surface area (TPSA) is 89.4 Å². The molecule has 0 saturated carbocycles. The second-order valence-electron chi connectivity index (χ2n) is 7.78. The fourth-order valence-electron chi connectivity index (χ4n) is 3.69. The van der Waals surface area contributed by atoms with Gasteiger partial charge in [-0.05, 0) is 66.4 Å². The van der Waals surface area contributed by atoms with Gasteiger partial charge in [-0.1, -0.05) is 30.3 Å². The highest BCUT2D eigenvalue weighted by molar-refractivity contribution is 7.00. The maximum absolute atomic E-state index is 13.7. The summed E-state index contributed by atoms with van der Waals surface area (Å²) in [6, 6.07) is 17.8. The van der Waals surface area contributed by atoms with Gasteiger partial charge in [-0.25, -0.2) is 4.79 Å². The lowest BCUT2D eigenvalue weighted by atomic mass is 9.88. The quantitative estimate of drug-likeness (QED) is 0.299. The second-order valence-corrected chi connectivity index (χ2v) is 8.31. The lowest BCUT2D eigenvalue weighted by Gasteiger charge is -2.14. The van der Waals surface area contributed by atoms with Crippen molar-refractivity contribution in [3.8, 4) is 5.75 Å². The highest BCUT2D eigenvalue weighted by Gasteiger charge is 2.24. The molecule has 0 aliphatic carbocycles. The Morgan fingerprint density at radius 1 is 0.909 bits per heavy atom. The number of aliphatic carboxylic acids is 1. The van der Waals surface area contributed by atoms with E-state index < -0.39 is 5.97 Å². The minimum absolute atomic E-state index is 0.0454. The third kappa shape index (κ3) is 4.68. The van der Waals surface area contributed by atoms with Crippen LogP contribution in [0.2, 0.25) is 0 Å². The molecule has 33 heavy (non-hydrogen) atoms. The van der Waals surface area contributed by atoms with Crippen LogP contribution in [0, 0.1) is 13.8 Å². The number of carboxylic acids is 1. The lowest BCUT2D eigenvalue weighted by molar-refractivity contribution is -0.130. The molecule has 0 aliphatic rings. The number of carboxylic acid groups (broad SMARTS) is 1. The number of benzene rings is 3. The van der Waals surface area contributed by atoms with Crippen LogP contribution in [0.3, 0.4) is 0 Å². The summed E-state index contributed by atoms with van der Waals surface area (Å²) < 4.78 is 13.7. The predicted octanol–water partition coefficient (Wildman–Crippen LogP) is 5.28. The number of allylic oxidation sites excluding steroid dienone is 1. The number of Topliss-reactive ketones (excluding diaryl/α,β-unsaturated/α-hetero) is 1. The van der Waals surface area contributed by atoms with Gasteiger partial charge in [-0.15, -0.1) is 0 Å². The number of aryl methyl sites for hydroxylation is 2. The fourth-order valence-corrected chi connectivity index (χ4v) is 4.21. The Hall–Kier alpha value is -3.84. The first-order chi connectivity index (χ1) is 15.9. The summed E-state index contributed by atoms with van der Waals surface area (Å²) in [6.45, 7) is 3.90. The Bertz CT molecular complexity index is 1400. The van der Waals surface area contributed by atoms with Crippen molar-refractivity contribution in [2.24, 2.45) is 0 Å². The highest BCUT2D eigenvalue weighted by Crippen LogP contribution is 2.29. The number of carbonyl (C=O) groups is 2. The zero-order valence-corrected chi connectivity index (χ0v) is 19.3. The van der Waals surface area contributed by atoms with E-state index in [2.05, 4.69) is 8.75 Å². The Morgan fingerprint density at radius 3 is 2.39 bits per heavy atom. The lowest BCUT2D eigenvalue weighted by Crippen LogP contribution is -2.14. The normalized spacial score (nSPS) is 11.8. The molecule has 0 saturated heterocycles. The minimum atomic E-state index is -1.17. The van der Waals surface area contributed by atoms with E-state index in [1.54, 1.807) is 49.6 Å².